The molecule has 2 heterocycles. The predicted molar refractivity (Wildman–Crippen MR) is 84.4 cm³/mol. The fraction of sp³-hybridized carbons (Fsp3) is 0.0714. The minimum absolute atomic E-state index is 0.0342. The van der Waals surface area contributed by atoms with Gasteiger partial charge in [-0.2, -0.15) is 16.6 Å². The van der Waals surface area contributed by atoms with E-state index >= 15 is 0 Å². The molecule has 23 heavy (non-hydrogen) atoms. The molecular weight excluding hydrogens is 334 g/mol. The Bertz CT molecular complexity index is 938. The summed E-state index contributed by atoms with van der Waals surface area (Å²) in [7, 11) is -3.66. The van der Waals surface area contributed by atoms with Gasteiger partial charge in [0.05, 0.1) is 40.7 Å². The number of hydrogen-bond acceptors (Lipinski definition) is 6. The van der Waals surface area contributed by atoms with E-state index in [1.165, 1.54) is 35.6 Å². The van der Waals surface area contributed by atoms with E-state index in [9.17, 15) is 8.42 Å². The van der Waals surface area contributed by atoms with Crippen molar-refractivity contribution in [3.63, 3.8) is 0 Å². The van der Waals surface area contributed by atoms with E-state index < -0.39 is 10.0 Å². The van der Waals surface area contributed by atoms with Crippen LogP contribution in [0.15, 0.2) is 52.2 Å². The highest BCUT2D eigenvalue weighted by molar-refractivity contribution is 7.89. The molecule has 0 unspecified atom stereocenters. The SMILES string of the molecule is N#Cc1ccc(S(=O)(=O)NCc2cn(-c3ccsc3)nn2)cc1. The van der Waals surface area contributed by atoms with Gasteiger partial charge in [-0.15, -0.1) is 5.10 Å². The first kappa shape index (κ1) is 15.4. The molecule has 0 aliphatic rings. The molecule has 0 bridgehead atoms. The Hall–Kier alpha value is -2.54. The van der Waals surface area contributed by atoms with Crippen molar-refractivity contribution in [3.8, 4) is 11.8 Å². The number of benzene rings is 1. The summed E-state index contributed by atoms with van der Waals surface area (Å²) in [6.07, 6.45) is 1.67. The van der Waals surface area contributed by atoms with Gasteiger partial charge in [0, 0.05) is 5.38 Å². The lowest BCUT2D eigenvalue weighted by Crippen LogP contribution is -2.23. The second kappa shape index (κ2) is 6.29. The summed E-state index contributed by atoms with van der Waals surface area (Å²) in [5, 5.41) is 20.5. The van der Waals surface area contributed by atoms with Gasteiger partial charge in [-0.05, 0) is 35.7 Å². The molecule has 1 N–H and O–H groups in total. The summed E-state index contributed by atoms with van der Waals surface area (Å²) in [6, 6.07) is 9.54. The Morgan fingerprint density at radius 1 is 1.26 bits per heavy atom. The van der Waals surface area contributed by atoms with Crippen molar-refractivity contribution in [1.29, 1.82) is 5.26 Å². The summed E-state index contributed by atoms with van der Waals surface area (Å²) in [5.41, 5.74) is 1.79. The maximum Gasteiger partial charge on any atom is 0.240 e. The van der Waals surface area contributed by atoms with E-state index in [1.807, 2.05) is 22.9 Å². The molecule has 0 aliphatic heterocycles. The summed E-state index contributed by atoms with van der Waals surface area (Å²) >= 11 is 1.54. The van der Waals surface area contributed by atoms with Crippen molar-refractivity contribution < 1.29 is 8.42 Å². The molecule has 0 saturated heterocycles. The summed E-state index contributed by atoms with van der Waals surface area (Å²) in [6.45, 7) is 0.0342. The lowest BCUT2D eigenvalue weighted by Gasteiger charge is -2.04. The zero-order chi connectivity index (χ0) is 16.3. The van der Waals surface area contributed by atoms with Gasteiger partial charge in [-0.1, -0.05) is 5.21 Å². The second-order valence-electron chi connectivity index (χ2n) is 4.60. The quantitative estimate of drug-likeness (QED) is 0.758. The van der Waals surface area contributed by atoms with Gasteiger partial charge in [0.15, 0.2) is 0 Å². The number of aromatic nitrogens is 3. The van der Waals surface area contributed by atoms with E-state index in [1.54, 1.807) is 10.9 Å². The third kappa shape index (κ3) is 3.45. The van der Waals surface area contributed by atoms with Gasteiger partial charge in [0.1, 0.15) is 0 Å². The number of nitriles is 1. The molecule has 0 fully saturated rings. The smallest absolute Gasteiger partial charge is 0.220 e. The number of nitrogens with zero attached hydrogens (tertiary/aromatic N) is 4. The lowest BCUT2D eigenvalue weighted by molar-refractivity contribution is 0.580. The number of rotatable bonds is 5. The molecular formula is C14H11N5O2S2. The Morgan fingerprint density at radius 2 is 2.04 bits per heavy atom. The Morgan fingerprint density at radius 3 is 2.70 bits per heavy atom. The van der Waals surface area contributed by atoms with Crippen molar-refractivity contribution in [3.05, 3.63) is 58.5 Å². The highest BCUT2D eigenvalue weighted by atomic mass is 32.2. The van der Waals surface area contributed by atoms with Crippen LogP contribution in [0.2, 0.25) is 0 Å². The average molecular weight is 345 g/mol. The minimum Gasteiger partial charge on any atom is -0.220 e. The predicted octanol–water partition coefficient (Wildman–Crippen LogP) is 1.68. The van der Waals surface area contributed by atoms with E-state index in [0.717, 1.165) is 5.69 Å². The van der Waals surface area contributed by atoms with E-state index in [0.29, 0.717) is 11.3 Å². The molecule has 0 aliphatic carbocycles. The monoisotopic (exact) mass is 345 g/mol. The second-order valence-corrected chi connectivity index (χ2v) is 7.14. The van der Waals surface area contributed by atoms with Gasteiger partial charge in [-0.3, -0.25) is 0 Å². The number of nitrogens with one attached hydrogen (secondary N) is 1. The van der Waals surface area contributed by atoms with Crippen molar-refractivity contribution in [2.45, 2.75) is 11.4 Å². The van der Waals surface area contributed by atoms with Crippen LogP contribution in [-0.4, -0.2) is 23.4 Å². The molecule has 2 aromatic heterocycles. The van der Waals surface area contributed by atoms with E-state index in [-0.39, 0.29) is 11.4 Å². The van der Waals surface area contributed by atoms with Crippen LogP contribution >= 0.6 is 11.3 Å². The number of sulfonamides is 1. The molecule has 0 atom stereocenters. The van der Waals surface area contributed by atoms with Gasteiger partial charge in [-0.25, -0.2) is 17.8 Å². The molecule has 7 nitrogen and oxygen atoms in total. The van der Waals surface area contributed by atoms with Gasteiger partial charge < -0.3 is 0 Å². The molecule has 3 aromatic rings. The Labute approximate surface area is 136 Å². The Balaban J connectivity index is 1.70. The van der Waals surface area contributed by atoms with E-state index in [2.05, 4.69) is 15.0 Å². The fourth-order valence-corrected chi connectivity index (χ4v) is 3.48. The molecule has 1 aromatic carbocycles. The first-order valence-electron chi connectivity index (χ1n) is 6.52. The third-order valence-electron chi connectivity index (χ3n) is 3.05. The molecule has 116 valence electrons. The number of thiophene rings is 1. The lowest BCUT2D eigenvalue weighted by atomic mass is 10.2. The first-order chi connectivity index (χ1) is 11.1. The summed E-state index contributed by atoms with van der Waals surface area (Å²) in [5.74, 6) is 0. The molecule has 0 saturated carbocycles. The molecule has 9 heteroatoms. The van der Waals surface area contributed by atoms with Crippen LogP contribution in [0.5, 0.6) is 0 Å². The average Bonchev–Trinajstić information content (AvgIpc) is 3.24. The molecule has 0 spiro atoms. The van der Waals surface area contributed by atoms with Crippen LogP contribution in [0.25, 0.3) is 5.69 Å². The molecule has 3 rings (SSSR count). The maximum atomic E-state index is 12.2. The van der Waals surface area contributed by atoms with Gasteiger partial charge >= 0.3 is 0 Å². The molecule has 0 radical (unpaired) electrons. The summed E-state index contributed by atoms with van der Waals surface area (Å²) in [4.78, 5) is 0.0988. The highest BCUT2D eigenvalue weighted by Gasteiger charge is 2.14. The van der Waals surface area contributed by atoms with Crippen LogP contribution in [-0.2, 0) is 16.6 Å². The van der Waals surface area contributed by atoms with Crippen molar-refractivity contribution >= 4 is 21.4 Å². The van der Waals surface area contributed by atoms with Crippen LogP contribution in [0, 0.1) is 11.3 Å². The minimum atomic E-state index is -3.66. The number of hydrogen-bond donors (Lipinski definition) is 1. The first-order valence-corrected chi connectivity index (χ1v) is 8.95. The van der Waals surface area contributed by atoms with Crippen molar-refractivity contribution in [2.75, 3.05) is 0 Å². The standard InChI is InChI=1S/C14H11N5O2S2/c15-7-11-1-3-14(4-2-11)23(20,21)16-8-12-9-19(18-17-12)13-5-6-22-10-13/h1-6,9-10,16H,8H2. The topological polar surface area (TPSA) is 101 Å². The van der Waals surface area contributed by atoms with Gasteiger partial charge in [0.25, 0.3) is 0 Å². The van der Waals surface area contributed by atoms with Gasteiger partial charge in [0.2, 0.25) is 10.0 Å². The van der Waals surface area contributed by atoms with Crippen LogP contribution in [0.1, 0.15) is 11.3 Å². The van der Waals surface area contributed by atoms with Crippen LogP contribution in [0.4, 0.5) is 0 Å². The largest absolute Gasteiger partial charge is 0.240 e. The highest BCUT2D eigenvalue weighted by Crippen LogP contribution is 2.12. The van der Waals surface area contributed by atoms with Crippen LogP contribution in [0.3, 0.4) is 0 Å². The Kier molecular flexibility index (Phi) is 4.20. The summed E-state index contributed by atoms with van der Waals surface area (Å²) < 4.78 is 28.4. The van der Waals surface area contributed by atoms with Crippen LogP contribution < -0.4 is 4.72 Å². The van der Waals surface area contributed by atoms with Crippen molar-refractivity contribution in [2.24, 2.45) is 0 Å². The van der Waals surface area contributed by atoms with E-state index in [4.69, 9.17) is 5.26 Å². The van der Waals surface area contributed by atoms with Crippen molar-refractivity contribution in [1.82, 2.24) is 19.7 Å². The molecule has 0 amide bonds. The zero-order valence-corrected chi connectivity index (χ0v) is 13.4. The fourth-order valence-electron chi connectivity index (χ4n) is 1.85. The zero-order valence-electron chi connectivity index (χ0n) is 11.7. The maximum absolute atomic E-state index is 12.2. The normalized spacial score (nSPS) is 11.3. The third-order valence-corrected chi connectivity index (χ3v) is 5.14.